The molecule has 9 nitrogen and oxygen atoms in total. The summed E-state index contributed by atoms with van der Waals surface area (Å²) in [6.07, 6.45) is -1.05. The molecular formula is C13H14BN3O6S. The fourth-order valence-corrected chi connectivity index (χ4v) is 2.80. The summed E-state index contributed by atoms with van der Waals surface area (Å²) in [5.41, 5.74) is 6.48. The van der Waals surface area contributed by atoms with E-state index in [4.69, 9.17) is 31.0 Å². The molecule has 0 saturated heterocycles. The van der Waals surface area contributed by atoms with E-state index in [1.54, 1.807) is 13.0 Å². The number of amides is 1. The van der Waals surface area contributed by atoms with Crippen LogP contribution in [0.4, 0.5) is 0 Å². The van der Waals surface area contributed by atoms with Crippen LogP contribution in [0, 0.1) is 17.7 Å². The molecule has 1 unspecified atom stereocenters. The molecule has 1 atom stereocenters. The summed E-state index contributed by atoms with van der Waals surface area (Å²) in [4.78, 5) is 21.7. The van der Waals surface area contributed by atoms with Crippen LogP contribution in [-0.2, 0) is 14.2 Å². The van der Waals surface area contributed by atoms with Crippen LogP contribution < -0.4 is 15.9 Å². The number of carbonyl (C=O) groups is 2. The average molecular weight is 351 g/mol. The maximum absolute atomic E-state index is 10.9. The van der Waals surface area contributed by atoms with Crippen molar-refractivity contribution in [2.75, 3.05) is 0 Å². The monoisotopic (exact) mass is 351 g/mol. The van der Waals surface area contributed by atoms with Crippen LogP contribution in [0.1, 0.15) is 23.7 Å². The second-order valence-electron chi connectivity index (χ2n) is 5.00. The van der Waals surface area contributed by atoms with E-state index in [2.05, 4.69) is 0 Å². The summed E-state index contributed by atoms with van der Waals surface area (Å²) in [6.45, 7) is 1.70. The number of hydrogen-bond acceptors (Lipinski definition) is 8. The van der Waals surface area contributed by atoms with Crippen LogP contribution >= 0.6 is 11.8 Å². The van der Waals surface area contributed by atoms with Gasteiger partial charge in [-0.2, -0.15) is 0 Å². The second-order valence-corrected chi connectivity index (χ2v) is 5.99. The zero-order valence-electron chi connectivity index (χ0n) is 12.5. The van der Waals surface area contributed by atoms with Gasteiger partial charge in [-0.1, -0.05) is 0 Å². The third kappa shape index (κ3) is 3.93. The number of carboxylic acids is 1. The van der Waals surface area contributed by atoms with Gasteiger partial charge in [-0.15, -0.1) is 0 Å². The molecule has 1 amide bonds. The molecule has 1 aliphatic rings. The minimum Gasteiger partial charge on any atom is -0.481 e. The molecule has 1 aromatic carbocycles. The minimum atomic E-state index is -1.29. The molecular weight excluding hydrogens is 337 g/mol. The van der Waals surface area contributed by atoms with Gasteiger partial charge in [0.2, 0.25) is 0 Å². The molecule has 1 aromatic rings. The zero-order valence-corrected chi connectivity index (χ0v) is 13.3. The van der Waals surface area contributed by atoms with Gasteiger partial charge in [-0.3, -0.25) is 20.4 Å². The number of nitrogens with two attached hydrogens (primary N) is 1. The fraction of sp³-hybridized carbons (Fsp3) is 0.231. The third-order valence-corrected chi connectivity index (χ3v) is 3.94. The molecule has 0 aromatic heterocycles. The van der Waals surface area contributed by atoms with E-state index in [1.807, 2.05) is 0 Å². The molecule has 1 heterocycles. The quantitative estimate of drug-likeness (QED) is 0.284. The number of primary amides is 1. The van der Waals surface area contributed by atoms with E-state index >= 15 is 0 Å². The maximum atomic E-state index is 10.9. The average Bonchev–Trinajstić information content (AvgIpc) is 2.74. The van der Waals surface area contributed by atoms with Gasteiger partial charge in [0.05, 0.1) is 12.5 Å². The number of aliphatic carboxylic acids is 1. The molecule has 11 heteroatoms. The first-order chi connectivity index (χ1) is 11.2. The normalized spacial score (nSPS) is 15.8. The van der Waals surface area contributed by atoms with Gasteiger partial charge in [0.15, 0.2) is 5.04 Å². The van der Waals surface area contributed by atoms with Gasteiger partial charge >= 0.3 is 13.1 Å². The molecule has 2 rings (SSSR count). The van der Waals surface area contributed by atoms with E-state index in [9.17, 15) is 14.6 Å². The van der Waals surface area contributed by atoms with Crippen molar-refractivity contribution in [1.29, 1.82) is 10.8 Å². The van der Waals surface area contributed by atoms with E-state index in [1.165, 1.54) is 6.07 Å². The van der Waals surface area contributed by atoms with Crippen molar-refractivity contribution in [1.82, 2.24) is 0 Å². The Labute approximate surface area is 141 Å². The van der Waals surface area contributed by atoms with E-state index in [-0.39, 0.29) is 12.2 Å². The smallest absolute Gasteiger partial charge is 0.481 e. The number of nitrogens with one attached hydrogen (secondary N) is 2. The van der Waals surface area contributed by atoms with Crippen LogP contribution in [0.3, 0.4) is 0 Å². The number of carbonyl (C=O) groups excluding carboxylic acids is 1. The summed E-state index contributed by atoms with van der Waals surface area (Å²) < 4.78 is 10.5. The largest absolute Gasteiger partial charge is 0.492 e. The third-order valence-electron chi connectivity index (χ3n) is 3.26. The first kappa shape index (κ1) is 18.0. The van der Waals surface area contributed by atoms with Crippen molar-refractivity contribution in [3.8, 4) is 5.75 Å². The lowest BCUT2D eigenvalue weighted by Gasteiger charge is -2.13. The van der Waals surface area contributed by atoms with Crippen LogP contribution in [0.15, 0.2) is 12.1 Å². The highest BCUT2D eigenvalue weighted by Gasteiger charge is 2.38. The molecule has 6 N–H and O–H groups in total. The zero-order chi connectivity index (χ0) is 18.0. The maximum Gasteiger partial charge on any atom is 0.492 e. The Bertz CT molecular complexity index is 741. The van der Waals surface area contributed by atoms with Gasteiger partial charge < -0.3 is 25.3 Å². The van der Waals surface area contributed by atoms with Crippen molar-refractivity contribution >= 4 is 46.5 Å². The number of rotatable bonds is 3. The molecule has 0 bridgehead atoms. The number of thioether (sulfide) groups is 1. The van der Waals surface area contributed by atoms with Crippen molar-refractivity contribution in [3.05, 3.63) is 23.3 Å². The molecule has 126 valence electrons. The molecule has 0 aliphatic carbocycles. The Hall–Kier alpha value is -2.37. The van der Waals surface area contributed by atoms with Gasteiger partial charge in [-0.05, 0) is 47.4 Å². The van der Waals surface area contributed by atoms with Crippen molar-refractivity contribution < 1.29 is 29.1 Å². The Morgan fingerprint density at radius 3 is 2.71 bits per heavy atom. The fourth-order valence-electron chi connectivity index (χ4n) is 2.37. The Kier molecular flexibility index (Phi) is 5.27. The highest BCUT2D eigenvalue weighted by atomic mass is 32.2. The number of hydrogen-bond donors (Lipinski definition) is 5. The molecule has 0 spiro atoms. The summed E-state index contributed by atoms with van der Waals surface area (Å²) in [5, 5.41) is 32.8. The molecule has 0 saturated carbocycles. The molecule has 0 radical (unpaired) electrons. The van der Waals surface area contributed by atoms with Crippen LogP contribution in [0.5, 0.6) is 5.75 Å². The minimum absolute atomic E-state index is 0.194. The highest BCUT2D eigenvalue weighted by Crippen LogP contribution is 2.32. The van der Waals surface area contributed by atoms with Gasteiger partial charge in [-0.25, -0.2) is 0 Å². The number of fused-ring (bicyclic) bond motifs is 1. The van der Waals surface area contributed by atoms with Gasteiger partial charge in [0, 0.05) is 0 Å². The van der Waals surface area contributed by atoms with Crippen molar-refractivity contribution in [2.24, 2.45) is 5.73 Å². The lowest BCUT2D eigenvalue weighted by atomic mass is 9.77. The second kappa shape index (κ2) is 7.03. The van der Waals surface area contributed by atoms with Crippen molar-refractivity contribution in [2.45, 2.75) is 19.4 Å². The number of benzene rings is 1. The number of ether oxygens (including phenoxy) is 1. The molecule has 1 aliphatic heterocycles. The molecule has 24 heavy (non-hydrogen) atoms. The first-order valence-corrected chi connectivity index (χ1v) is 7.53. The van der Waals surface area contributed by atoms with Crippen LogP contribution in [0.25, 0.3) is 0 Å². The number of aryl methyl sites for hydroxylation is 1. The molecule has 0 fully saturated rings. The SMILES string of the molecule is Cc1cc(OC(=N)SC(=N)C(N)=O)cc2c1C(CC(=O)O)OB2O. The highest BCUT2D eigenvalue weighted by molar-refractivity contribution is 8.27. The van der Waals surface area contributed by atoms with Crippen LogP contribution in [-0.4, -0.2) is 39.4 Å². The Balaban J connectivity index is 2.21. The lowest BCUT2D eigenvalue weighted by Crippen LogP contribution is -2.28. The summed E-state index contributed by atoms with van der Waals surface area (Å²) in [6, 6.07) is 2.98. The van der Waals surface area contributed by atoms with Crippen molar-refractivity contribution in [3.63, 3.8) is 0 Å². The predicted molar refractivity (Wildman–Crippen MR) is 87.7 cm³/mol. The van der Waals surface area contributed by atoms with Crippen LogP contribution in [0.2, 0.25) is 0 Å². The lowest BCUT2D eigenvalue weighted by molar-refractivity contribution is -0.138. The summed E-state index contributed by atoms with van der Waals surface area (Å²) in [5.74, 6) is -1.83. The standard InChI is InChI=1S/C13H14BN3O6S/c1-5-2-6(22-13(17)24-12(16)11(15)20)3-7-10(5)8(4-9(18)19)23-14(7)21/h2-3,8,16-17,21H,4H2,1H3,(H2,15,20)(H,18,19). The first-order valence-electron chi connectivity index (χ1n) is 6.71. The Morgan fingerprint density at radius 1 is 1.46 bits per heavy atom. The van der Waals surface area contributed by atoms with E-state index in [0.29, 0.717) is 28.4 Å². The summed E-state index contributed by atoms with van der Waals surface area (Å²) in [7, 11) is -1.29. The topological polar surface area (TPSA) is 167 Å². The van der Waals surface area contributed by atoms with E-state index in [0.717, 1.165) is 0 Å². The predicted octanol–water partition coefficient (Wildman–Crippen LogP) is -0.262. The Morgan fingerprint density at radius 2 is 2.12 bits per heavy atom. The van der Waals surface area contributed by atoms with E-state index < -0.39 is 35.4 Å². The van der Waals surface area contributed by atoms with Gasteiger partial charge in [0.25, 0.3) is 11.1 Å². The number of carboxylic acid groups (broad SMARTS) is 1. The van der Waals surface area contributed by atoms with Gasteiger partial charge in [0.1, 0.15) is 5.75 Å². The summed E-state index contributed by atoms with van der Waals surface area (Å²) >= 11 is 0.450.